The summed E-state index contributed by atoms with van der Waals surface area (Å²) in [5.74, 6) is -0.566. The number of nitro benzene ring substituents is 1. The lowest BCUT2D eigenvalue weighted by Gasteiger charge is -2.31. The van der Waals surface area contributed by atoms with Gasteiger partial charge in [0.1, 0.15) is 0 Å². The number of hydrogen-bond acceptors (Lipinski definition) is 4. The molecule has 1 N–H and O–H groups in total. The molecule has 146 valence electrons. The highest BCUT2D eigenvalue weighted by atomic mass is 35.5. The Morgan fingerprint density at radius 2 is 1.71 bits per heavy atom. The minimum Gasteiger partial charge on any atom is -0.339 e. The second-order valence-corrected chi connectivity index (χ2v) is 7.33. The van der Waals surface area contributed by atoms with Crippen molar-refractivity contribution in [1.29, 1.82) is 0 Å². The van der Waals surface area contributed by atoms with Gasteiger partial charge >= 0.3 is 0 Å². The number of anilines is 1. The maximum absolute atomic E-state index is 12.5. The van der Waals surface area contributed by atoms with Gasteiger partial charge in [0.05, 0.1) is 15.6 Å². The topological polar surface area (TPSA) is 92.5 Å². The number of likely N-dealkylation sites (tertiary alicyclic amines) is 1. The first-order chi connectivity index (χ1) is 13.3. The fourth-order valence-electron chi connectivity index (χ4n) is 3.07. The minimum atomic E-state index is -0.551. The molecule has 9 heteroatoms. The van der Waals surface area contributed by atoms with Gasteiger partial charge in [-0.2, -0.15) is 0 Å². The van der Waals surface area contributed by atoms with Crippen molar-refractivity contribution < 1.29 is 14.5 Å². The average Bonchev–Trinajstić information content (AvgIpc) is 2.69. The number of amides is 2. The van der Waals surface area contributed by atoms with Crippen molar-refractivity contribution in [3.05, 3.63) is 68.2 Å². The third kappa shape index (κ3) is 4.61. The fraction of sp³-hybridized carbons (Fsp3) is 0.263. The number of non-ortho nitro benzene ring substituents is 1. The molecule has 0 spiro atoms. The second kappa shape index (κ2) is 8.58. The predicted molar refractivity (Wildman–Crippen MR) is 107 cm³/mol. The Hall–Kier alpha value is -2.64. The lowest BCUT2D eigenvalue weighted by molar-refractivity contribution is -0.384. The summed E-state index contributed by atoms with van der Waals surface area (Å²) in [6, 6.07) is 10.6. The van der Waals surface area contributed by atoms with Gasteiger partial charge in [-0.3, -0.25) is 19.7 Å². The minimum absolute atomic E-state index is 0.0889. The Morgan fingerprint density at radius 1 is 1.07 bits per heavy atom. The summed E-state index contributed by atoms with van der Waals surface area (Å²) in [5, 5.41) is 14.2. The molecule has 0 atom stereocenters. The van der Waals surface area contributed by atoms with E-state index < -0.39 is 4.92 Å². The van der Waals surface area contributed by atoms with Gasteiger partial charge in [0.15, 0.2) is 0 Å². The van der Waals surface area contributed by atoms with Crippen LogP contribution in [0, 0.1) is 16.0 Å². The van der Waals surface area contributed by atoms with Crippen LogP contribution in [0.5, 0.6) is 0 Å². The summed E-state index contributed by atoms with van der Waals surface area (Å²) in [7, 11) is 0. The Morgan fingerprint density at radius 3 is 2.29 bits per heavy atom. The largest absolute Gasteiger partial charge is 0.339 e. The first-order valence-electron chi connectivity index (χ1n) is 8.65. The van der Waals surface area contributed by atoms with Gasteiger partial charge in [-0.1, -0.05) is 23.2 Å². The molecule has 1 aliphatic rings. The van der Waals surface area contributed by atoms with Gasteiger partial charge in [0.2, 0.25) is 5.91 Å². The van der Waals surface area contributed by atoms with E-state index in [0.29, 0.717) is 42.2 Å². The molecule has 2 aromatic rings. The Bertz CT molecular complexity index is 910. The molecule has 2 aromatic carbocycles. The molecule has 0 aromatic heterocycles. The summed E-state index contributed by atoms with van der Waals surface area (Å²) < 4.78 is 0. The lowest BCUT2D eigenvalue weighted by Crippen LogP contribution is -2.41. The SMILES string of the molecule is O=C(Nc1ccc([N+](=O)[O-])cc1Cl)C1CCN(C(=O)c2ccc(Cl)cc2)CC1. The highest BCUT2D eigenvalue weighted by Crippen LogP contribution is 2.28. The maximum atomic E-state index is 12.5. The van der Waals surface area contributed by atoms with Crippen LogP contribution in [0.4, 0.5) is 11.4 Å². The normalized spacial score (nSPS) is 14.6. The van der Waals surface area contributed by atoms with Crippen LogP contribution in [-0.4, -0.2) is 34.7 Å². The molecule has 0 bridgehead atoms. The van der Waals surface area contributed by atoms with E-state index in [1.54, 1.807) is 29.2 Å². The van der Waals surface area contributed by atoms with Gasteiger partial charge in [0.25, 0.3) is 11.6 Å². The molecule has 1 fully saturated rings. The van der Waals surface area contributed by atoms with Crippen molar-refractivity contribution in [1.82, 2.24) is 4.90 Å². The van der Waals surface area contributed by atoms with Crippen LogP contribution >= 0.6 is 23.2 Å². The van der Waals surface area contributed by atoms with Crippen molar-refractivity contribution >= 4 is 46.4 Å². The molecule has 0 saturated carbocycles. The standard InChI is InChI=1S/C19H17Cl2N3O4/c20-14-3-1-13(2-4-14)19(26)23-9-7-12(8-10-23)18(25)22-17-6-5-15(24(27)28)11-16(17)21/h1-6,11-12H,7-10H2,(H,22,25). The number of piperidine rings is 1. The number of rotatable bonds is 4. The van der Waals surface area contributed by atoms with Gasteiger partial charge in [-0.15, -0.1) is 0 Å². The van der Waals surface area contributed by atoms with Crippen LogP contribution in [0.2, 0.25) is 10.0 Å². The average molecular weight is 422 g/mol. The summed E-state index contributed by atoms with van der Waals surface area (Å²) >= 11 is 11.9. The highest BCUT2D eigenvalue weighted by Gasteiger charge is 2.28. The smallest absolute Gasteiger partial charge is 0.271 e. The van der Waals surface area contributed by atoms with E-state index in [2.05, 4.69) is 5.32 Å². The summed E-state index contributed by atoms with van der Waals surface area (Å²) in [6.45, 7) is 0.932. The Kier molecular flexibility index (Phi) is 6.16. The quantitative estimate of drug-likeness (QED) is 0.584. The van der Waals surface area contributed by atoms with Gasteiger partial charge in [0, 0.05) is 41.7 Å². The van der Waals surface area contributed by atoms with Crippen LogP contribution in [0.15, 0.2) is 42.5 Å². The third-order valence-corrected chi connectivity index (χ3v) is 5.23. The molecule has 0 unspecified atom stereocenters. The zero-order chi connectivity index (χ0) is 20.3. The molecule has 28 heavy (non-hydrogen) atoms. The molecule has 7 nitrogen and oxygen atoms in total. The molecular weight excluding hydrogens is 405 g/mol. The van der Waals surface area contributed by atoms with Crippen LogP contribution in [0.25, 0.3) is 0 Å². The van der Waals surface area contributed by atoms with E-state index in [-0.39, 0.29) is 28.4 Å². The molecule has 3 rings (SSSR count). The van der Waals surface area contributed by atoms with Crippen LogP contribution < -0.4 is 5.32 Å². The van der Waals surface area contributed by atoms with Crippen LogP contribution in [-0.2, 0) is 4.79 Å². The zero-order valence-corrected chi connectivity index (χ0v) is 16.2. The van der Waals surface area contributed by atoms with Gasteiger partial charge in [-0.25, -0.2) is 0 Å². The molecule has 1 heterocycles. The number of nitrogens with zero attached hydrogens (tertiary/aromatic N) is 2. The number of hydrogen-bond donors (Lipinski definition) is 1. The molecule has 1 saturated heterocycles. The fourth-order valence-corrected chi connectivity index (χ4v) is 3.42. The summed E-state index contributed by atoms with van der Waals surface area (Å²) in [4.78, 5) is 36.9. The Balaban J connectivity index is 1.57. The lowest BCUT2D eigenvalue weighted by atomic mass is 9.95. The molecular formula is C19H17Cl2N3O4. The van der Waals surface area contributed by atoms with E-state index >= 15 is 0 Å². The van der Waals surface area contributed by atoms with Crippen molar-refractivity contribution in [2.75, 3.05) is 18.4 Å². The van der Waals surface area contributed by atoms with Gasteiger partial charge < -0.3 is 10.2 Å². The van der Waals surface area contributed by atoms with E-state index in [1.807, 2.05) is 0 Å². The molecule has 0 aliphatic carbocycles. The van der Waals surface area contributed by atoms with Crippen LogP contribution in [0.3, 0.4) is 0 Å². The van der Waals surface area contributed by atoms with E-state index in [1.165, 1.54) is 18.2 Å². The van der Waals surface area contributed by atoms with Crippen molar-refractivity contribution in [2.24, 2.45) is 5.92 Å². The number of halogens is 2. The number of carbonyl (C=O) groups is 2. The van der Waals surface area contributed by atoms with Crippen molar-refractivity contribution in [2.45, 2.75) is 12.8 Å². The number of benzene rings is 2. The van der Waals surface area contributed by atoms with Crippen LogP contribution in [0.1, 0.15) is 23.2 Å². The third-order valence-electron chi connectivity index (χ3n) is 4.67. The predicted octanol–water partition coefficient (Wildman–Crippen LogP) is 4.39. The first-order valence-corrected chi connectivity index (χ1v) is 9.40. The summed E-state index contributed by atoms with van der Waals surface area (Å²) in [5.41, 5.74) is 0.749. The second-order valence-electron chi connectivity index (χ2n) is 6.48. The van der Waals surface area contributed by atoms with E-state index in [9.17, 15) is 19.7 Å². The molecule has 2 amide bonds. The summed E-state index contributed by atoms with van der Waals surface area (Å²) in [6.07, 6.45) is 1.05. The van der Waals surface area contributed by atoms with Crippen molar-refractivity contribution in [3.63, 3.8) is 0 Å². The number of nitro groups is 1. The van der Waals surface area contributed by atoms with Crippen molar-refractivity contribution in [3.8, 4) is 0 Å². The van der Waals surface area contributed by atoms with E-state index in [0.717, 1.165) is 0 Å². The number of carbonyl (C=O) groups excluding carboxylic acids is 2. The monoisotopic (exact) mass is 421 g/mol. The molecule has 1 aliphatic heterocycles. The van der Waals surface area contributed by atoms with Gasteiger partial charge in [-0.05, 0) is 43.2 Å². The maximum Gasteiger partial charge on any atom is 0.271 e. The first kappa shape index (κ1) is 20.1. The number of nitrogens with one attached hydrogen (secondary N) is 1. The molecule has 0 radical (unpaired) electrons. The highest BCUT2D eigenvalue weighted by molar-refractivity contribution is 6.34. The van der Waals surface area contributed by atoms with E-state index in [4.69, 9.17) is 23.2 Å². The Labute approximate surface area is 171 Å². The zero-order valence-electron chi connectivity index (χ0n) is 14.7.